The molecule has 0 unspecified atom stereocenters. The van der Waals surface area contributed by atoms with E-state index in [1.54, 1.807) is 0 Å². The summed E-state index contributed by atoms with van der Waals surface area (Å²) in [7, 11) is 0. The first-order valence-electron chi connectivity index (χ1n) is 24.1. The number of fused-ring (bicyclic) bond motifs is 6. The Morgan fingerprint density at radius 3 is 1.90 bits per heavy atom. The zero-order valence-electron chi connectivity index (χ0n) is 40.8. The zero-order chi connectivity index (χ0) is 47.1. The van der Waals surface area contributed by atoms with Gasteiger partial charge in [0.1, 0.15) is 22.7 Å². The fourth-order valence-corrected chi connectivity index (χ4v) is 10.2. The number of hydrogen-bond acceptors (Lipinski definition) is 4. The molecule has 3 aromatic heterocycles. The van der Waals surface area contributed by atoms with Crippen LogP contribution in [0, 0.1) is 0 Å². The van der Waals surface area contributed by atoms with E-state index in [0.29, 0.717) is 28.8 Å². The fraction of sp³-hybridized carbons (Fsp3) is 0.258. The molecular formula is C62H61N3O2. The van der Waals surface area contributed by atoms with E-state index in [1.165, 1.54) is 38.9 Å². The summed E-state index contributed by atoms with van der Waals surface area (Å²) in [5.41, 5.74) is 18.0. The molecule has 5 heteroatoms. The molecule has 0 saturated carbocycles. The summed E-state index contributed by atoms with van der Waals surface area (Å²) >= 11 is 0. The molecule has 10 rings (SSSR count). The van der Waals surface area contributed by atoms with Gasteiger partial charge >= 0.3 is 0 Å². The van der Waals surface area contributed by atoms with E-state index in [-0.39, 0.29) is 23.0 Å². The van der Waals surface area contributed by atoms with Gasteiger partial charge in [-0.3, -0.25) is 9.55 Å². The van der Waals surface area contributed by atoms with E-state index in [9.17, 15) is 5.11 Å². The third-order valence-corrected chi connectivity index (χ3v) is 13.8. The molecule has 1 N–H and O–H groups in total. The molecule has 7 aromatic carbocycles. The lowest BCUT2D eigenvalue weighted by Gasteiger charge is -2.28. The van der Waals surface area contributed by atoms with Gasteiger partial charge in [-0.25, -0.2) is 4.98 Å². The van der Waals surface area contributed by atoms with E-state index >= 15 is 0 Å². The van der Waals surface area contributed by atoms with Gasteiger partial charge in [0, 0.05) is 33.5 Å². The van der Waals surface area contributed by atoms with E-state index < -0.39 is 0 Å². The Morgan fingerprint density at radius 1 is 0.552 bits per heavy atom. The van der Waals surface area contributed by atoms with Gasteiger partial charge in [-0.1, -0.05) is 167 Å². The minimum absolute atomic E-state index is 0.0541. The molecular weight excluding hydrogens is 819 g/mol. The number of pyridine rings is 1. The molecule has 0 spiro atoms. The summed E-state index contributed by atoms with van der Waals surface area (Å²) in [6, 6.07) is 47.5. The number of benzene rings is 7. The number of imidazole rings is 1. The van der Waals surface area contributed by atoms with Gasteiger partial charge in [0.15, 0.2) is 0 Å². The van der Waals surface area contributed by atoms with Gasteiger partial charge in [-0.05, 0) is 121 Å². The number of furan rings is 1. The van der Waals surface area contributed by atoms with Gasteiger partial charge in [-0.15, -0.1) is 0 Å². The monoisotopic (exact) mass is 879 g/mol. The van der Waals surface area contributed by atoms with Crippen molar-refractivity contribution in [2.24, 2.45) is 0 Å². The molecule has 0 aliphatic heterocycles. The van der Waals surface area contributed by atoms with Gasteiger partial charge in [0.25, 0.3) is 0 Å². The van der Waals surface area contributed by atoms with Crippen LogP contribution in [-0.2, 0) is 5.41 Å². The summed E-state index contributed by atoms with van der Waals surface area (Å²) < 4.78 is 9.07. The molecule has 5 nitrogen and oxygen atoms in total. The minimum atomic E-state index is -0.0541. The molecule has 67 heavy (non-hydrogen) atoms. The number of nitrogens with zero attached hydrogens (tertiary/aromatic N) is 3. The van der Waals surface area contributed by atoms with Crippen molar-refractivity contribution < 1.29 is 9.52 Å². The van der Waals surface area contributed by atoms with Crippen LogP contribution in [0.15, 0.2) is 144 Å². The second kappa shape index (κ2) is 16.7. The number of aromatic hydroxyl groups is 1. The first-order chi connectivity index (χ1) is 32.1. The van der Waals surface area contributed by atoms with Crippen molar-refractivity contribution in [3.63, 3.8) is 0 Å². The van der Waals surface area contributed by atoms with Gasteiger partial charge in [-0.2, -0.15) is 0 Å². The Labute approximate surface area is 395 Å². The number of para-hydroxylation sites is 1. The predicted octanol–water partition coefficient (Wildman–Crippen LogP) is 17.6. The van der Waals surface area contributed by atoms with Crippen LogP contribution in [0.4, 0.5) is 0 Å². The van der Waals surface area contributed by atoms with Crippen LogP contribution in [0.5, 0.6) is 5.75 Å². The highest BCUT2D eigenvalue weighted by atomic mass is 16.3. The van der Waals surface area contributed by atoms with E-state index in [4.69, 9.17) is 14.4 Å². The Kier molecular flexibility index (Phi) is 10.9. The van der Waals surface area contributed by atoms with Crippen LogP contribution in [0.3, 0.4) is 0 Å². The Bertz CT molecular complexity index is 3480. The molecule has 0 aliphatic rings. The van der Waals surface area contributed by atoms with Gasteiger partial charge < -0.3 is 9.52 Å². The molecule has 0 fully saturated rings. The lowest BCUT2D eigenvalue weighted by Crippen LogP contribution is -2.16. The Balaban J connectivity index is 1.22. The second-order valence-corrected chi connectivity index (χ2v) is 20.8. The highest BCUT2D eigenvalue weighted by molar-refractivity contribution is 6.16. The Morgan fingerprint density at radius 2 is 1.21 bits per heavy atom. The lowest BCUT2D eigenvalue weighted by atomic mass is 9.81. The Hall–Kier alpha value is -6.98. The van der Waals surface area contributed by atoms with Crippen molar-refractivity contribution in [3.8, 4) is 56.3 Å². The number of phenols is 1. The van der Waals surface area contributed by atoms with Crippen molar-refractivity contribution in [1.29, 1.82) is 0 Å². The van der Waals surface area contributed by atoms with Crippen LogP contribution in [-0.4, -0.2) is 19.6 Å². The summed E-state index contributed by atoms with van der Waals surface area (Å²) in [4.78, 5) is 10.6. The smallest absolute Gasteiger partial charge is 0.149 e. The molecule has 0 aliphatic carbocycles. The quantitative estimate of drug-likeness (QED) is 0.157. The molecule has 0 atom stereocenters. The average molecular weight is 880 g/mol. The van der Waals surface area contributed by atoms with E-state index in [2.05, 4.69) is 190 Å². The van der Waals surface area contributed by atoms with Gasteiger partial charge in [0.05, 0.1) is 28.0 Å². The topological polar surface area (TPSA) is 64.1 Å². The van der Waals surface area contributed by atoms with Crippen molar-refractivity contribution in [1.82, 2.24) is 14.5 Å². The second-order valence-electron chi connectivity index (χ2n) is 20.8. The van der Waals surface area contributed by atoms with Crippen LogP contribution < -0.4 is 0 Å². The summed E-state index contributed by atoms with van der Waals surface area (Å²) in [6.45, 7) is 25.1. The summed E-state index contributed by atoms with van der Waals surface area (Å²) in [6.07, 6.45) is 1.95. The predicted molar refractivity (Wildman–Crippen MR) is 282 cm³/mol. The maximum atomic E-state index is 12.3. The standard InChI is InChI=1S/C62H61N3O2/c1-35(2)44-21-15-22-45(36(3)4)57(44)42-27-28-63-53(30-42)41-19-14-18-40(29-41)46-23-16-24-54-58(46)64-61(65(54)59-49(37(5)6)31-43(62(9,10)11)32-50(59)38(7)8)52-34-56-51(33-55(52)66)48-26-25-39-17-12-13-20-47(39)60(48)67-56/h12-38,66H,1-11H3. The molecule has 0 saturated heterocycles. The molecule has 0 radical (unpaired) electrons. The normalized spacial score (nSPS) is 12.4. The van der Waals surface area contributed by atoms with Crippen LogP contribution >= 0.6 is 0 Å². The minimum Gasteiger partial charge on any atom is -0.507 e. The molecule has 336 valence electrons. The summed E-state index contributed by atoms with van der Waals surface area (Å²) in [5, 5.41) is 16.3. The maximum Gasteiger partial charge on any atom is 0.149 e. The largest absolute Gasteiger partial charge is 0.507 e. The fourth-order valence-electron chi connectivity index (χ4n) is 10.2. The van der Waals surface area contributed by atoms with Crippen molar-refractivity contribution >= 4 is 43.7 Å². The summed E-state index contributed by atoms with van der Waals surface area (Å²) in [5.74, 6) is 1.98. The SMILES string of the molecule is CC(C)c1cccc(C(C)C)c1-c1ccnc(-c2cccc(-c3cccc4c3nc(-c3cc5oc6c7ccccc7ccc6c5cc3O)n4-c3c(C(C)C)cc(C(C)(C)C)cc3C(C)C)c2)c1. The number of aromatic nitrogens is 3. The van der Waals surface area contributed by atoms with Crippen LogP contribution in [0.25, 0.3) is 94.3 Å². The molecule has 3 heterocycles. The zero-order valence-corrected chi connectivity index (χ0v) is 40.8. The first kappa shape index (κ1) is 43.9. The molecule has 0 amide bonds. The third kappa shape index (κ3) is 7.59. The first-order valence-corrected chi connectivity index (χ1v) is 24.1. The average Bonchev–Trinajstić information content (AvgIpc) is 3.88. The molecule has 10 aromatic rings. The third-order valence-electron chi connectivity index (χ3n) is 13.8. The van der Waals surface area contributed by atoms with E-state index in [0.717, 1.165) is 66.2 Å². The molecule has 0 bridgehead atoms. The number of hydrogen-bond donors (Lipinski definition) is 1. The van der Waals surface area contributed by atoms with E-state index in [1.807, 2.05) is 30.5 Å². The lowest BCUT2D eigenvalue weighted by molar-refractivity contribution is 0.477. The highest BCUT2D eigenvalue weighted by Crippen LogP contribution is 2.46. The van der Waals surface area contributed by atoms with Crippen LogP contribution in [0.1, 0.15) is 128 Å². The number of rotatable bonds is 9. The van der Waals surface area contributed by atoms with Crippen molar-refractivity contribution in [2.75, 3.05) is 0 Å². The van der Waals surface area contributed by atoms with Crippen molar-refractivity contribution in [2.45, 2.75) is 105 Å². The highest BCUT2D eigenvalue weighted by Gasteiger charge is 2.28. The van der Waals surface area contributed by atoms with Crippen LogP contribution in [0.2, 0.25) is 0 Å². The number of phenolic OH excluding ortho intramolecular Hbond substituents is 1. The van der Waals surface area contributed by atoms with Crippen molar-refractivity contribution in [3.05, 3.63) is 167 Å². The van der Waals surface area contributed by atoms with Gasteiger partial charge in [0.2, 0.25) is 0 Å². The maximum absolute atomic E-state index is 12.3.